The largest absolute Gasteiger partial charge is 0.528 e. The fourth-order valence-electron chi connectivity index (χ4n) is 1.17. The Labute approximate surface area is 97.4 Å². The van der Waals surface area contributed by atoms with Crippen LogP contribution in [0.4, 0.5) is 0 Å². The molecule has 1 unspecified atom stereocenters. The second-order valence-corrected chi connectivity index (χ2v) is 5.57. The van der Waals surface area contributed by atoms with Gasteiger partial charge in [0.15, 0.2) is 5.78 Å². The molecule has 0 heterocycles. The van der Waals surface area contributed by atoms with Gasteiger partial charge in [0.2, 0.25) is 0 Å². The van der Waals surface area contributed by atoms with Gasteiger partial charge in [0.05, 0.1) is 0 Å². The summed E-state index contributed by atoms with van der Waals surface area (Å²) in [4.78, 5) is 11.3. The van der Waals surface area contributed by atoms with Crippen molar-refractivity contribution in [3.8, 4) is 0 Å². The summed E-state index contributed by atoms with van der Waals surface area (Å²) >= 11 is 0. The van der Waals surface area contributed by atoms with Gasteiger partial charge in [0, 0.05) is 13.2 Å². The summed E-state index contributed by atoms with van der Waals surface area (Å²) in [5.41, 5.74) is 0. The monoisotopic (exact) mass is 248 g/mol. The first-order valence-electron chi connectivity index (χ1n) is 5.28. The summed E-state index contributed by atoms with van der Waals surface area (Å²) in [5, 5.41) is 9.29. The molecule has 0 aromatic rings. The van der Waals surface area contributed by atoms with Crippen LogP contribution in [0.15, 0.2) is 12.7 Å². The van der Waals surface area contributed by atoms with Crippen molar-refractivity contribution >= 4 is 14.6 Å². The Morgan fingerprint density at radius 3 is 2.25 bits per heavy atom. The van der Waals surface area contributed by atoms with Gasteiger partial charge in [-0.3, -0.25) is 4.79 Å². The van der Waals surface area contributed by atoms with Crippen LogP contribution in [-0.2, 0) is 18.1 Å². The Balaban J connectivity index is 4.62. The molecule has 6 heteroatoms. The van der Waals surface area contributed by atoms with Crippen molar-refractivity contribution in [3.05, 3.63) is 12.7 Å². The predicted molar refractivity (Wildman–Crippen MR) is 61.8 cm³/mol. The number of rotatable bonds is 9. The van der Waals surface area contributed by atoms with E-state index in [0.717, 1.165) is 0 Å². The second-order valence-electron chi connectivity index (χ2n) is 3.07. The molecule has 5 nitrogen and oxygen atoms in total. The molecular weight excluding hydrogens is 228 g/mol. The first kappa shape index (κ1) is 15.5. The molecular formula is C10H20O5Si. The van der Waals surface area contributed by atoms with Crippen molar-refractivity contribution in [3.63, 3.8) is 0 Å². The lowest BCUT2D eigenvalue weighted by molar-refractivity contribution is -0.123. The molecule has 0 aromatic carbocycles. The number of aliphatic hydroxyl groups is 1. The lowest BCUT2D eigenvalue weighted by atomic mass is 10.3. The minimum atomic E-state index is -3.12. The quantitative estimate of drug-likeness (QED) is 0.480. The van der Waals surface area contributed by atoms with Crippen LogP contribution in [0.3, 0.4) is 0 Å². The standard InChI is InChI=1S/C10H20O5Si/c1-5-10(12)9(4)15-16(8-11,13-6-2)14-7-3/h5,9,11H,1,6-8H2,2-4H3. The van der Waals surface area contributed by atoms with Crippen molar-refractivity contribution in [2.45, 2.75) is 26.9 Å². The molecule has 0 saturated heterocycles. The Morgan fingerprint density at radius 1 is 1.44 bits per heavy atom. The van der Waals surface area contributed by atoms with E-state index in [-0.39, 0.29) is 12.0 Å². The van der Waals surface area contributed by atoms with Gasteiger partial charge in [-0.2, -0.15) is 0 Å². The van der Waals surface area contributed by atoms with E-state index in [0.29, 0.717) is 13.2 Å². The van der Waals surface area contributed by atoms with E-state index in [4.69, 9.17) is 13.3 Å². The number of hydrogen-bond acceptors (Lipinski definition) is 5. The van der Waals surface area contributed by atoms with E-state index in [9.17, 15) is 9.90 Å². The number of carbonyl (C=O) groups excluding carboxylic acids is 1. The minimum absolute atomic E-state index is 0.260. The van der Waals surface area contributed by atoms with Gasteiger partial charge in [-0.1, -0.05) is 6.58 Å². The minimum Gasteiger partial charge on any atom is -0.392 e. The second kappa shape index (κ2) is 7.69. The molecule has 0 bridgehead atoms. The molecule has 0 aromatic heterocycles. The summed E-state index contributed by atoms with van der Waals surface area (Å²) in [5.74, 6) is -0.260. The summed E-state index contributed by atoms with van der Waals surface area (Å²) in [7, 11) is -3.12. The Bertz CT molecular complexity index is 225. The number of carbonyl (C=O) groups is 1. The highest BCUT2D eigenvalue weighted by atomic mass is 28.4. The molecule has 0 spiro atoms. The van der Waals surface area contributed by atoms with Crippen molar-refractivity contribution < 1.29 is 23.2 Å². The Morgan fingerprint density at radius 2 is 1.94 bits per heavy atom. The molecule has 0 aliphatic heterocycles. The van der Waals surface area contributed by atoms with E-state index < -0.39 is 14.9 Å². The predicted octanol–water partition coefficient (Wildman–Crippen LogP) is 0.690. The molecule has 0 aliphatic carbocycles. The highest BCUT2D eigenvalue weighted by molar-refractivity contribution is 6.60. The smallest absolute Gasteiger partial charge is 0.392 e. The molecule has 16 heavy (non-hydrogen) atoms. The van der Waals surface area contributed by atoms with E-state index >= 15 is 0 Å². The van der Waals surface area contributed by atoms with Crippen LogP contribution in [0.5, 0.6) is 0 Å². The van der Waals surface area contributed by atoms with Crippen LogP contribution in [0.1, 0.15) is 20.8 Å². The van der Waals surface area contributed by atoms with Crippen molar-refractivity contribution in [1.29, 1.82) is 0 Å². The summed E-state index contributed by atoms with van der Waals surface area (Å²) in [6.07, 6.45) is 0.122. The van der Waals surface area contributed by atoms with Crippen LogP contribution in [-0.4, -0.2) is 45.2 Å². The van der Waals surface area contributed by atoms with E-state index in [1.807, 2.05) is 0 Å². The van der Waals surface area contributed by atoms with Crippen LogP contribution in [0.2, 0.25) is 0 Å². The molecule has 0 radical (unpaired) electrons. The topological polar surface area (TPSA) is 65.0 Å². The average Bonchev–Trinajstić information content (AvgIpc) is 2.28. The molecule has 0 fully saturated rings. The average molecular weight is 248 g/mol. The number of ketones is 1. The normalized spacial score (nSPS) is 13.5. The zero-order chi connectivity index (χ0) is 12.6. The lowest BCUT2D eigenvalue weighted by Crippen LogP contribution is -2.53. The molecule has 0 rings (SSSR count). The number of hydrogen-bond donors (Lipinski definition) is 1. The summed E-state index contributed by atoms with van der Waals surface area (Å²) in [6.45, 7) is 9.23. The molecule has 0 amide bonds. The molecule has 0 aliphatic rings. The van der Waals surface area contributed by atoms with Gasteiger partial charge in [-0.25, -0.2) is 0 Å². The zero-order valence-corrected chi connectivity index (χ0v) is 11.1. The van der Waals surface area contributed by atoms with Crippen LogP contribution in [0.25, 0.3) is 0 Å². The van der Waals surface area contributed by atoms with Crippen molar-refractivity contribution in [1.82, 2.24) is 0 Å². The molecule has 0 saturated carbocycles. The Kier molecular flexibility index (Phi) is 7.44. The van der Waals surface area contributed by atoms with Gasteiger partial charge in [-0.15, -0.1) is 0 Å². The summed E-state index contributed by atoms with van der Waals surface area (Å²) < 4.78 is 16.1. The van der Waals surface area contributed by atoms with Crippen LogP contribution in [0, 0.1) is 0 Å². The maximum atomic E-state index is 11.3. The fourth-order valence-corrected chi connectivity index (χ4v) is 3.18. The lowest BCUT2D eigenvalue weighted by Gasteiger charge is -2.29. The SMILES string of the molecule is C=CC(=O)C(C)O[Si](CO)(OCC)OCC. The third kappa shape index (κ3) is 4.54. The van der Waals surface area contributed by atoms with Gasteiger partial charge < -0.3 is 18.4 Å². The Hall–Kier alpha value is -0.533. The van der Waals surface area contributed by atoms with E-state index in [1.54, 1.807) is 20.8 Å². The maximum absolute atomic E-state index is 11.3. The van der Waals surface area contributed by atoms with Gasteiger partial charge in [0.1, 0.15) is 12.3 Å². The summed E-state index contributed by atoms with van der Waals surface area (Å²) in [6, 6.07) is 0. The van der Waals surface area contributed by atoms with Crippen molar-refractivity contribution in [2.24, 2.45) is 0 Å². The zero-order valence-electron chi connectivity index (χ0n) is 10.1. The highest BCUT2D eigenvalue weighted by Gasteiger charge is 2.42. The van der Waals surface area contributed by atoms with Crippen LogP contribution >= 0.6 is 0 Å². The maximum Gasteiger partial charge on any atom is 0.528 e. The van der Waals surface area contributed by atoms with Gasteiger partial charge >= 0.3 is 8.80 Å². The molecule has 94 valence electrons. The molecule has 1 N–H and O–H groups in total. The van der Waals surface area contributed by atoms with Crippen LogP contribution < -0.4 is 0 Å². The fraction of sp³-hybridized carbons (Fsp3) is 0.700. The first-order chi connectivity index (χ1) is 7.55. The van der Waals surface area contributed by atoms with Gasteiger partial charge in [0.25, 0.3) is 0 Å². The third-order valence-electron chi connectivity index (χ3n) is 1.88. The first-order valence-corrected chi connectivity index (χ1v) is 7.21. The molecule has 1 atom stereocenters. The third-order valence-corrected chi connectivity index (χ3v) is 4.44. The van der Waals surface area contributed by atoms with Crippen molar-refractivity contribution in [2.75, 3.05) is 19.4 Å². The number of aliphatic hydroxyl groups excluding tert-OH is 1. The van der Waals surface area contributed by atoms with E-state index in [1.165, 1.54) is 6.08 Å². The van der Waals surface area contributed by atoms with E-state index in [2.05, 4.69) is 6.58 Å². The highest BCUT2D eigenvalue weighted by Crippen LogP contribution is 2.12. The van der Waals surface area contributed by atoms with Gasteiger partial charge in [-0.05, 0) is 26.8 Å².